The van der Waals surface area contributed by atoms with Crippen LogP contribution in [0.2, 0.25) is 0 Å². The van der Waals surface area contributed by atoms with Crippen molar-refractivity contribution >= 4 is 17.5 Å². The highest BCUT2D eigenvalue weighted by Gasteiger charge is 2.19. The number of ether oxygens (including phenoxy) is 2. The molecule has 0 aliphatic carbocycles. The molecule has 1 N–H and O–H groups in total. The molecule has 4 rings (SSSR count). The van der Waals surface area contributed by atoms with Gasteiger partial charge in [0.15, 0.2) is 6.61 Å². The first-order valence-corrected chi connectivity index (χ1v) is 9.85. The zero-order chi connectivity index (χ0) is 20.9. The fourth-order valence-electron chi connectivity index (χ4n) is 3.42. The number of methoxy groups -OCH3 is 1. The van der Waals surface area contributed by atoms with Gasteiger partial charge >= 0.3 is 0 Å². The number of nitrogens with zero attached hydrogens (tertiary/aromatic N) is 3. The van der Waals surface area contributed by atoms with Crippen molar-refractivity contribution in [3.05, 3.63) is 71.4 Å². The number of hydrogen-bond acceptors (Lipinski definition) is 6. The summed E-state index contributed by atoms with van der Waals surface area (Å²) in [6, 6.07) is 17.3. The zero-order valence-electron chi connectivity index (χ0n) is 17.1. The van der Waals surface area contributed by atoms with Crippen LogP contribution in [0.3, 0.4) is 0 Å². The van der Waals surface area contributed by atoms with Crippen LogP contribution in [0, 0.1) is 6.92 Å². The Bertz CT molecular complexity index is 1040. The van der Waals surface area contributed by atoms with Crippen LogP contribution in [-0.4, -0.2) is 36.1 Å². The number of aryl methyl sites for hydroxylation is 1. The molecule has 0 atom stereocenters. The van der Waals surface area contributed by atoms with Gasteiger partial charge in [-0.3, -0.25) is 4.79 Å². The molecule has 30 heavy (non-hydrogen) atoms. The molecule has 7 nitrogen and oxygen atoms in total. The highest BCUT2D eigenvalue weighted by atomic mass is 16.5. The maximum absolute atomic E-state index is 12.2. The van der Waals surface area contributed by atoms with Crippen LogP contribution >= 0.6 is 0 Å². The van der Waals surface area contributed by atoms with Crippen molar-refractivity contribution in [2.24, 2.45) is 0 Å². The van der Waals surface area contributed by atoms with Gasteiger partial charge in [-0.1, -0.05) is 24.3 Å². The summed E-state index contributed by atoms with van der Waals surface area (Å²) in [6.45, 7) is 3.37. The van der Waals surface area contributed by atoms with Gasteiger partial charge in [0.1, 0.15) is 5.75 Å². The van der Waals surface area contributed by atoms with Crippen molar-refractivity contribution in [1.29, 1.82) is 0 Å². The van der Waals surface area contributed by atoms with Crippen molar-refractivity contribution in [2.75, 3.05) is 30.5 Å². The number of carbonyl (C=O) groups excluding carboxylic acids is 1. The van der Waals surface area contributed by atoms with E-state index in [1.807, 2.05) is 6.92 Å². The van der Waals surface area contributed by atoms with E-state index in [1.165, 1.54) is 11.1 Å². The first-order chi connectivity index (χ1) is 14.6. The van der Waals surface area contributed by atoms with Crippen LogP contribution in [0.15, 0.2) is 54.6 Å². The van der Waals surface area contributed by atoms with E-state index in [-0.39, 0.29) is 12.5 Å². The van der Waals surface area contributed by atoms with Crippen LogP contribution in [0.1, 0.15) is 16.8 Å². The van der Waals surface area contributed by atoms with Crippen LogP contribution < -0.4 is 19.7 Å². The van der Waals surface area contributed by atoms with Crippen LogP contribution in [-0.2, 0) is 17.8 Å². The predicted molar refractivity (Wildman–Crippen MR) is 115 cm³/mol. The summed E-state index contributed by atoms with van der Waals surface area (Å²) in [7, 11) is 1.60. The quantitative estimate of drug-likeness (QED) is 0.679. The van der Waals surface area contributed by atoms with Gasteiger partial charge in [0, 0.05) is 30.5 Å². The topological polar surface area (TPSA) is 76.6 Å². The van der Waals surface area contributed by atoms with Gasteiger partial charge in [-0.25, -0.2) is 4.98 Å². The van der Waals surface area contributed by atoms with E-state index in [0.29, 0.717) is 17.5 Å². The molecule has 0 unspecified atom stereocenters. The molecule has 2 heterocycles. The standard InChI is InChI=1S/C23H24N4O3/c1-16-13-22(30-15-21(28)25-19-7-9-20(29-2)10-8-19)26-23(24-16)27-12-11-17-5-3-4-6-18(17)14-27/h3-10,13H,11-12,14-15H2,1-2H3,(H,25,28). The Morgan fingerprint density at radius 2 is 1.87 bits per heavy atom. The normalized spacial score (nSPS) is 12.8. The fraction of sp³-hybridized carbons (Fsp3) is 0.261. The van der Waals surface area contributed by atoms with E-state index in [1.54, 1.807) is 37.4 Å². The van der Waals surface area contributed by atoms with Crippen molar-refractivity contribution in [3.8, 4) is 11.6 Å². The maximum atomic E-state index is 12.2. The average Bonchev–Trinajstić information content (AvgIpc) is 2.77. The Balaban J connectivity index is 1.39. The van der Waals surface area contributed by atoms with Crippen molar-refractivity contribution in [3.63, 3.8) is 0 Å². The molecule has 2 aromatic carbocycles. The first kappa shape index (κ1) is 19.7. The third-order valence-corrected chi connectivity index (χ3v) is 4.96. The molecule has 3 aromatic rings. The summed E-state index contributed by atoms with van der Waals surface area (Å²) in [5.41, 5.74) is 4.13. The maximum Gasteiger partial charge on any atom is 0.262 e. The Kier molecular flexibility index (Phi) is 5.79. The van der Waals surface area contributed by atoms with Gasteiger partial charge in [-0.05, 0) is 48.7 Å². The number of nitrogens with one attached hydrogen (secondary N) is 1. The number of anilines is 2. The SMILES string of the molecule is COc1ccc(NC(=O)COc2cc(C)nc(N3CCc4ccccc4C3)n2)cc1. The van der Waals surface area contributed by atoms with Crippen LogP contribution in [0.4, 0.5) is 11.6 Å². The van der Waals surface area contributed by atoms with Crippen molar-refractivity contribution < 1.29 is 14.3 Å². The predicted octanol–water partition coefficient (Wildman–Crippen LogP) is 3.37. The zero-order valence-corrected chi connectivity index (χ0v) is 17.1. The summed E-state index contributed by atoms with van der Waals surface area (Å²) >= 11 is 0. The van der Waals surface area contributed by atoms with E-state index in [0.717, 1.165) is 31.0 Å². The lowest BCUT2D eigenvalue weighted by atomic mass is 10.0. The molecule has 0 bridgehead atoms. The summed E-state index contributed by atoms with van der Waals surface area (Å²) in [5.74, 6) is 1.48. The van der Waals surface area contributed by atoms with E-state index < -0.39 is 0 Å². The second-order valence-corrected chi connectivity index (χ2v) is 7.15. The van der Waals surface area contributed by atoms with Gasteiger partial charge in [-0.15, -0.1) is 0 Å². The third kappa shape index (κ3) is 4.68. The molecular weight excluding hydrogens is 380 g/mol. The highest BCUT2D eigenvalue weighted by molar-refractivity contribution is 5.91. The third-order valence-electron chi connectivity index (χ3n) is 4.96. The molecule has 1 aliphatic heterocycles. The Morgan fingerprint density at radius 3 is 2.63 bits per heavy atom. The number of carbonyl (C=O) groups is 1. The molecular formula is C23H24N4O3. The summed E-state index contributed by atoms with van der Waals surface area (Å²) in [5, 5.41) is 2.79. The molecule has 7 heteroatoms. The lowest BCUT2D eigenvalue weighted by Crippen LogP contribution is -2.32. The van der Waals surface area contributed by atoms with E-state index in [9.17, 15) is 4.79 Å². The monoisotopic (exact) mass is 404 g/mol. The van der Waals surface area contributed by atoms with Gasteiger partial charge in [0.05, 0.1) is 7.11 Å². The largest absolute Gasteiger partial charge is 0.497 e. The van der Waals surface area contributed by atoms with Gasteiger partial charge in [0.2, 0.25) is 11.8 Å². The second kappa shape index (κ2) is 8.82. The number of rotatable bonds is 6. The minimum Gasteiger partial charge on any atom is -0.497 e. The fourth-order valence-corrected chi connectivity index (χ4v) is 3.42. The number of fused-ring (bicyclic) bond motifs is 1. The molecule has 154 valence electrons. The number of benzene rings is 2. The molecule has 0 spiro atoms. The van der Waals surface area contributed by atoms with Gasteiger partial charge < -0.3 is 19.7 Å². The van der Waals surface area contributed by atoms with E-state index in [4.69, 9.17) is 9.47 Å². The summed E-state index contributed by atoms with van der Waals surface area (Å²) in [6.07, 6.45) is 0.952. The first-order valence-electron chi connectivity index (χ1n) is 9.85. The van der Waals surface area contributed by atoms with E-state index >= 15 is 0 Å². The molecule has 1 aromatic heterocycles. The number of amides is 1. The average molecular weight is 404 g/mol. The van der Waals surface area contributed by atoms with Crippen molar-refractivity contribution in [2.45, 2.75) is 19.9 Å². The molecule has 0 radical (unpaired) electrons. The summed E-state index contributed by atoms with van der Waals surface area (Å²) < 4.78 is 10.8. The Labute approximate surface area is 175 Å². The lowest BCUT2D eigenvalue weighted by Gasteiger charge is -2.29. The number of aromatic nitrogens is 2. The van der Waals surface area contributed by atoms with Gasteiger partial charge in [-0.2, -0.15) is 4.98 Å². The smallest absolute Gasteiger partial charge is 0.262 e. The highest BCUT2D eigenvalue weighted by Crippen LogP contribution is 2.24. The Hall–Kier alpha value is -3.61. The molecule has 0 saturated heterocycles. The minimum atomic E-state index is -0.259. The molecule has 1 aliphatic rings. The lowest BCUT2D eigenvalue weighted by molar-refractivity contribution is -0.118. The van der Waals surface area contributed by atoms with Crippen LogP contribution in [0.25, 0.3) is 0 Å². The molecule has 0 fully saturated rings. The number of hydrogen-bond donors (Lipinski definition) is 1. The molecule has 1 amide bonds. The summed E-state index contributed by atoms with van der Waals surface area (Å²) in [4.78, 5) is 23.5. The van der Waals surface area contributed by atoms with Crippen LogP contribution in [0.5, 0.6) is 11.6 Å². The second-order valence-electron chi connectivity index (χ2n) is 7.15. The minimum absolute atomic E-state index is 0.134. The Morgan fingerprint density at radius 1 is 1.10 bits per heavy atom. The van der Waals surface area contributed by atoms with Crippen molar-refractivity contribution in [1.82, 2.24) is 9.97 Å². The van der Waals surface area contributed by atoms with E-state index in [2.05, 4.69) is 44.5 Å². The molecule has 0 saturated carbocycles. The van der Waals surface area contributed by atoms with Gasteiger partial charge in [0.25, 0.3) is 5.91 Å².